The molecular formula is C10H18N2O5. The van der Waals surface area contributed by atoms with Crippen LogP contribution in [0.4, 0.5) is 4.79 Å². The maximum absolute atomic E-state index is 11.4. The Hall–Kier alpha value is -1.34. The molecular weight excluding hydrogens is 228 g/mol. The zero-order valence-corrected chi connectivity index (χ0v) is 9.68. The Balaban J connectivity index is 2.32. The second kappa shape index (κ2) is 6.41. The van der Waals surface area contributed by atoms with E-state index in [0.29, 0.717) is 0 Å². The standard InChI is InChI=1S/C10H18N2O5/c1-17-7-3-2-6(4-7)11-10(16)12-8(5-13)9(14)15/h6-8,13H,2-5H2,1H3,(H,14,15)(H2,11,12,16). The van der Waals surface area contributed by atoms with E-state index in [0.717, 1.165) is 19.3 Å². The predicted octanol–water partition coefficient (Wildman–Crippen LogP) is -0.701. The van der Waals surface area contributed by atoms with E-state index in [2.05, 4.69) is 10.6 Å². The maximum atomic E-state index is 11.4. The van der Waals surface area contributed by atoms with E-state index >= 15 is 0 Å². The molecule has 0 bridgehead atoms. The molecule has 1 rings (SSSR count). The quantitative estimate of drug-likeness (QED) is 0.513. The third kappa shape index (κ3) is 4.20. The van der Waals surface area contributed by atoms with Crippen LogP contribution in [0.2, 0.25) is 0 Å². The molecule has 98 valence electrons. The number of aliphatic hydroxyl groups is 1. The minimum absolute atomic E-state index is 0.00640. The van der Waals surface area contributed by atoms with E-state index in [1.165, 1.54) is 0 Å². The second-order valence-corrected chi connectivity index (χ2v) is 4.06. The molecule has 4 N–H and O–H groups in total. The number of rotatable bonds is 5. The van der Waals surface area contributed by atoms with Gasteiger partial charge in [0.15, 0.2) is 6.04 Å². The maximum Gasteiger partial charge on any atom is 0.328 e. The van der Waals surface area contributed by atoms with E-state index in [1.807, 2.05) is 0 Å². The molecule has 17 heavy (non-hydrogen) atoms. The summed E-state index contributed by atoms with van der Waals surface area (Å²) < 4.78 is 5.16. The Labute approximate surface area is 99.1 Å². The van der Waals surface area contributed by atoms with Crippen molar-refractivity contribution in [1.82, 2.24) is 10.6 Å². The molecule has 7 nitrogen and oxygen atoms in total. The van der Waals surface area contributed by atoms with Crippen LogP contribution in [0.3, 0.4) is 0 Å². The lowest BCUT2D eigenvalue weighted by Crippen LogP contribution is -2.50. The predicted molar refractivity (Wildman–Crippen MR) is 58.6 cm³/mol. The first-order valence-electron chi connectivity index (χ1n) is 5.50. The van der Waals surface area contributed by atoms with Gasteiger partial charge < -0.3 is 25.6 Å². The van der Waals surface area contributed by atoms with Gasteiger partial charge in [0.25, 0.3) is 0 Å². The molecule has 1 aliphatic carbocycles. The van der Waals surface area contributed by atoms with E-state index in [1.54, 1.807) is 7.11 Å². The molecule has 1 fully saturated rings. The number of carbonyl (C=O) groups excluding carboxylic acids is 1. The molecule has 0 aliphatic heterocycles. The van der Waals surface area contributed by atoms with E-state index in [-0.39, 0.29) is 12.1 Å². The Kier molecular flexibility index (Phi) is 5.17. The van der Waals surface area contributed by atoms with Crippen LogP contribution in [0, 0.1) is 0 Å². The summed E-state index contributed by atoms with van der Waals surface area (Å²) in [6.07, 6.45) is 2.56. The number of urea groups is 1. The van der Waals surface area contributed by atoms with Crippen LogP contribution in [-0.4, -0.2) is 54.1 Å². The lowest BCUT2D eigenvalue weighted by molar-refractivity contribution is -0.140. The first-order chi connectivity index (χ1) is 8.06. The molecule has 0 aromatic carbocycles. The normalized spacial score (nSPS) is 25.3. The summed E-state index contributed by atoms with van der Waals surface area (Å²) >= 11 is 0. The topological polar surface area (TPSA) is 108 Å². The highest BCUT2D eigenvalue weighted by Gasteiger charge is 2.27. The third-order valence-corrected chi connectivity index (χ3v) is 2.84. The number of ether oxygens (including phenoxy) is 1. The van der Waals surface area contributed by atoms with Crippen LogP contribution < -0.4 is 10.6 Å². The summed E-state index contributed by atoms with van der Waals surface area (Å²) in [5.41, 5.74) is 0. The van der Waals surface area contributed by atoms with Crippen molar-refractivity contribution in [2.24, 2.45) is 0 Å². The van der Waals surface area contributed by atoms with Crippen LogP contribution in [-0.2, 0) is 9.53 Å². The van der Waals surface area contributed by atoms with Gasteiger partial charge in [0.2, 0.25) is 0 Å². The Bertz CT molecular complexity index is 284. The molecule has 0 spiro atoms. The van der Waals surface area contributed by atoms with E-state index in [4.69, 9.17) is 14.9 Å². The van der Waals surface area contributed by atoms with Crippen LogP contribution >= 0.6 is 0 Å². The van der Waals surface area contributed by atoms with Crippen molar-refractivity contribution in [3.8, 4) is 0 Å². The van der Waals surface area contributed by atoms with E-state index in [9.17, 15) is 9.59 Å². The molecule has 3 atom stereocenters. The van der Waals surface area contributed by atoms with E-state index < -0.39 is 24.6 Å². The first-order valence-corrected chi connectivity index (χ1v) is 5.50. The summed E-state index contributed by atoms with van der Waals surface area (Å²) in [4.78, 5) is 22.0. The molecule has 7 heteroatoms. The van der Waals surface area contributed by atoms with Gasteiger partial charge in [-0.2, -0.15) is 0 Å². The number of methoxy groups -OCH3 is 1. The number of hydrogen-bond donors (Lipinski definition) is 4. The summed E-state index contributed by atoms with van der Waals surface area (Å²) in [6.45, 7) is -0.631. The minimum atomic E-state index is -1.27. The van der Waals surface area contributed by atoms with Crippen molar-refractivity contribution in [1.29, 1.82) is 0 Å². The lowest BCUT2D eigenvalue weighted by atomic mass is 10.2. The molecule has 3 unspecified atom stereocenters. The molecule has 0 radical (unpaired) electrons. The SMILES string of the molecule is COC1CCC(NC(=O)NC(CO)C(=O)O)C1. The number of nitrogens with one attached hydrogen (secondary N) is 2. The van der Waals surface area contributed by atoms with Gasteiger partial charge in [-0.15, -0.1) is 0 Å². The Morgan fingerprint density at radius 1 is 1.47 bits per heavy atom. The summed E-state index contributed by atoms with van der Waals surface area (Å²) in [5.74, 6) is -1.26. The highest BCUT2D eigenvalue weighted by Crippen LogP contribution is 2.21. The molecule has 2 amide bonds. The van der Waals surface area contributed by atoms with Gasteiger partial charge in [0.05, 0.1) is 12.7 Å². The van der Waals surface area contributed by atoms with Crippen LogP contribution in [0.25, 0.3) is 0 Å². The molecule has 1 aliphatic rings. The van der Waals surface area contributed by atoms with Gasteiger partial charge in [0.1, 0.15) is 0 Å². The smallest absolute Gasteiger partial charge is 0.328 e. The number of carboxylic acids is 1. The molecule has 1 saturated carbocycles. The van der Waals surface area contributed by atoms with Crippen molar-refractivity contribution in [3.63, 3.8) is 0 Å². The molecule has 0 aromatic heterocycles. The highest BCUT2D eigenvalue weighted by molar-refractivity contribution is 5.82. The van der Waals surface area contributed by atoms with Gasteiger partial charge in [-0.25, -0.2) is 9.59 Å². The fraction of sp³-hybridized carbons (Fsp3) is 0.800. The van der Waals surface area contributed by atoms with Crippen LogP contribution in [0.1, 0.15) is 19.3 Å². The number of hydrogen-bond acceptors (Lipinski definition) is 4. The fourth-order valence-corrected chi connectivity index (χ4v) is 1.86. The van der Waals surface area contributed by atoms with Crippen molar-refractivity contribution in [3.05, 3.63) is 0 Å². The molecule has 0 heterocycles. The van der Waals surface area contributed by atoms with Gasteiger partial charge in [0, 0.05) is 13.2 Å². The Morgan fingerprint density at radius 3 is 2.65 bits per heavy atom. The number of amides is 2. The number of carbonyl (C=O) groups is 2. The van der Waals surface area contributed by atoms with Crippen LogP contribution in [0.15, 0.2) is 0 Å². The monoisotopic (exact) mass is 246 g/mol. The number of aliphatic carboxylic acids is 1. The minimum Gasteiger partial charge on any atom is -0.480 e. The largest absolute Gasteiger partial charge is 0.480 e. The fourth-order valence-electron chi connectivity index (χ4n) is 1.86. The zero-order chi connectivity index (χ0) is 12.8. The summed E-state index contributed by atoms with van der Waals surface area (Å²) in [7, 11) is 1.62. The second-order valence-electron chi connectivity index (χ2n) is 4.06. The average molecular weight is 246 g/mol. The summed E-state index contributed by atoms with van der Waals surface area (Å²) in [6, 6.07) is -1.85. The third-order valence-electron chi connectivity index (χ3n) is 2.84. The van der Waals surface area contributed by atoms with Gasteiger partial charge in [-0.05, 0) is 19.3 Å². The van der Waals surface area contributed by atoms with Crippen molar-refractivity contribution >= 4 is 12.0 Å². The average Bonchev–Trinajstić information content (AvgIpc) is 2.73. The zero-order valence-electron chi connectivity index (χ0n) is 9.68. The number of aliphatic hydroxyl groups excluding tert-OH is 1. The van der Waals surface area contributed by atoms with Crippen molar-refractivity contribution < 1.29 is 24.5 Å². The summed E-state index contributed by atoms with van der Waals surface area (Å²) in [5, 5.41) is 22.2. The van der Waals surface area contributed by atoms with Crippen LogP contribution in [0.5, 0.6) is 0 Å². The number of carboxylic acid groups (broad SMARTS) is 1. The van der Waals surface area contributed by atoms with Gasteiger partial charge >= 0.3 is 12.0 Å². The van der Waals surface area contributed by atoms with Gasteiger partial charge in [-0.1, -0.05) is 0 Å². The lowest BCUT2D eigenvalue weighted by Gasteiger charge is -2.16. The molecule has 0 saturated heterocycles. The Morgan fingerprint density at radius 2 is 2.18 bits per heavy atom. The first kappa shape index (κ1) is 13.7. The van der Waals surface area contributed by atoms with Gasteiger partial charge in [-0.3, -0.25) is 0 Å². The van der Waals surface area contributed by atoms with Crippen molar-refractivity contribution in [2.45, 2.75) is 37.5 Å². The van der Waals surface area contributed by atoms with Crippen molar-refractivity contribution in [2.75, 3.05) is 13.7 Å². The highest BCUT2D eigenvalue weighted by atomic mass is 16.5. The molecule has 0 aromatic rings.